The number of benzene rings is 2. The molecule has 0 saturated heterocycles. The van der Waals surface area contributed by atoms with E-state index in [1.54, 1.807) is 0 Å². The minimum absolute atomic E-state index is 0.0365. The Balaban J connectivity index is 1.83. The van der Waals surface area contributed by atoms with Gasteiger partial charge in [-0.2, -0.15) is 0 Å². The molecule has 2 aromatic carbocycles. The van der Waals surface area contributed by atoms with Crippen LogP contribution in [0.25, 0.3) is 11.0 Å². The zero-order chi connectivity index (χ0) is 21.2. The number of amides is 1. The maximum absolute atomic E-state index is 12.8. The van der Waals surface area contributed by atoms with Crippen LogP contribution in [0.3, 0.4) is 0 Å². The van der Waals surface area contributed by atoms with Gasteiger partial charge in [0.1, 0.15) is 6.54 Å². The second kappa shape index (κ2) is 8.19. The van der Waals surface area contributed by atoms with Crippen molar-refractivity contribution >= 4 is 16.9 Å². The number of hydrogen-bond acceptors (Lipinski definition) is 3. The quantitative estimate of drug-likeness (QED) is 0.709. The summed E-state index contributed by atoms with van der Waals surface area (Å²) in [6.45, 7) is 10.7. The molecule has 29 heavy (non-hydrogen) atoms. The van der Waals surface area contributed by atoms with Crippen molar-refractivity contribution < 1.29 is 4.79 Å². The van der Waals surface area contributed by atoms with Gasteiger partial charge in [0.25, 0.3) is 5.56 Å². The van der Waals surface area contributed by atoms with E-state index in [0.29, 0.717) is 11.0 Å². The highest BCUT2D eigenvalue weighted by molar-refractivity contribution is 5.80. The van der Waals surface area contributed by atoms with Crippen molar-refractivity contribution in [2.75, 3.05) is 0 Å². The molecule has 1 N–H and O–H groups in total. The Morgan fingerprint density at radius 2 is 1.72 bits per heavy atom. The van der Waals surface area contributed by atoms with Gasteiger partial charge >= 0.3 is 0 Å². The summed E-state index contributed by atoms with van der Waals surface area (Å²) in [7, 11) is 0. The van der Waals surface area contributed by atoms with Gasteiger partial charge in [-0.1, -0.05) is 71.0 Å². The van der Waals surface area contributed by atoms with Gasteiger partial charge in [-0.25, -0.2) is 4.98 Å². The van der Waals surface area contributed by atoms with E-state index in [4.69, 9.17) is 0 Å². The Kier molecular flexibility index (Phi) is 5.87. The first-order valence-corrected chi connectivity index (χ1v) is 10.0. The lowest BCUT2D eigenvalue weighted by Crippen LogP contribution is -2.36. The zero-order valence-electron chi connectivity index (χ0n) is 17.8. The number of fused-ring (bicyclic) bond motifs is 1. The Labute approximate surface area is 171 Å². The summed E-state index contributed by atoms with van der Waals surface area (Å²) in [5, 5.41) is 3.11. The van der Waals surface area contributed by atoms with Gasteiger partial charge in [0.2, 0.25) is 5.91 Å². The lowest BCUT2D eigenvalue weighted by atomic mass is 9.85. The van der Waals surface area contributed by atoms with Gasteiger partial charge in [-0.15, -0.1) is 0 Å². The van der Waals surface area contributed by atoms with Gasteiger partial charge in [-0.3, -0.25) is 14.2 Å². The fourth-order valence-corrected chi connectivity index (χ4v) is 3.47. The first-order chi connectivity index (χ1) is 13.7. The van der Waals surface area contributed by atoms with Gasteiger partial charge in [0, 0.05) is 0 Å². The molecule has 3 aromatic rings. The molecule has 0 saturated carbocycles. The van der Waals surface area contributed by atoms with Crippen LogP contribution in [0.2, 0.25) is 0 Å². The van der Waals surface area contributed by atoms with E-state index in [2.05, 4.69) is 69.2 Å². The van der Waals surface area contributed by atoms with Gasteiger partial charge in [0.05, 0.1) is 23.3 Å². The molecule has 1 unspecified atom stereocenters. The highest BCUT2D eigenvalue weighted by atomic mass is 16.2. The predicted octanol–water partition coefficient (Wildman–Crippen LogP) is 4.21. The van der Waals surface area contributed by atoms with Crippen molar-refractivity contribution in [2.24, 2.45) is 5.92 Å². The molecule has 0 aliphatic carbocycles. The van der Waals surface area contributed by atoms with Crippen LogP contribution in [0, 0.1) is 5.92 Å². The van der Waals surface area contributed by atoms with Crippen molar-refractivity contribution in [1.82, 2.24) is 14.9 Å². The highest BCUT2D eigenvalue weighted by Crippen LogP contribution is 2.26. The van der Waals surface area contributed by atoms with E-state index in [9.17, 15) is 9.59 Å². The van der Waals surface area contributed by atoms with Crippen molar-refractivity contribution in [3.05, 3.63) is 76.2 Å². The van der Waals surface area contributed by atoms with Crippen LogP contribution in [0.4, 0.5) is 0 Å². The van der Waals surface area contributed by atoms with Gasteiger partial charge in [-0.05, 0) is 34.6 Å². The van der Waals surface area contributed by atoms with Crippen molar-refractivity contribution in [3.8, 4) is 0 Å². The molecule has 0 aliphatic heterocycles. The zero-order valence-corrected chi connectivity index (χ0v) is 17.8. The average Bonchev–Trinajstić information content (AvgIpc) is 2.67. The van der Waals surface area contributed by atoms with E-state index >= 15 is 0 Å². The summed E-state index contributed by atoms with van der Waals surface area (Å²) in [6, 6.07) is 15.6. The maximum atomic E-state index is 12.8. The number of carbonyl (C=O) groups is 1. The maximum Gasteiger partial charge on any atom is 0.269 e. The average molecular weight is 392 g/mol. The standard InChI is InChI=1S/C24H29N3O2/c1-16(2)23(17-10-12-18(13-11-17)24(3,4)5)26-21(28)15-27-20-9-7-6-8-19(20)25-14-22(27)29/h6-14,16,23H,15H2,1-5H3,(H,26,28). The van der Waals surface area contributed by atoms with Crippen LogP contribution in [0.1, 0.15) is 51.8 Å². The summed E-state index contributed by atoms with van der Waals surface area (Å²) in [5.74, 6) is 0.0207. The molecule has 1 amide bonds. The summed E-state index contributed by atoms with van der Waals surface area (Å²) in [5.41, 5.74) is 3.47. The molecule has 0 aliphatic rings. The summed E-state index contributed by atoms with van der Waals surface area (Å²) < 4.78 is 1.47. The number of aromatic nitrogens is 2. The Bertz CT molecular complexity index is 1060. The number of nitrogens with one attached hydrogen (secondary N) is 1. The molecule has 1 heterocycles. The van der Waals surface area contributed by atoms with Crippen LogP contribution in [-0.2, 0) is 16.8 Å². The lowest BCUT2D eigenvalue weighted by Gasteiger charge is -2.25. The summed E-state index contributed by atoms with van der Waals surface area (Å²) in [4.78, 5) is 29.3. The summed E-state index contributed by atoms with van der Waals surface area (Å²) >= 11 is 0. The second-order valence-electron chi connectivity index (χ2n) is 8.83. The van der Waals surface area contributed by atoms with Crippen LogP contribution >= 0.6 is 0 Å². The molecule has 1 aromatic heterocycles. The smallest absolute Gasteiger partial charge is 0.269 e. The van der Waals surface area contributed by atoms with E-state index in [-0.39, 0.29) is 35.4 Å². The third kappa shape index (κ3) is 4.73. The SMILES string of the molecule is CC(C)C(NC(=O)Cn1c(=O)cnc2ccccc21)c1ccc(C(C)(C)C)cc1. The molecule has 3 rings (SSSR count). The van der Waals surface area contributed by atoms with E-state index in [0.717, 1.165) is 5.56 Å². The van der Waals surface area contributed by atoms with Gasteiger partial charge in [0.15, 0.2) is 0 Å². The van der Waals surface area contributed by atoms with E-state index in [1.807, 2.05) is 24.3 Å². The molecule has 152 valence electrons. The molecule has 0 bridgehead atoms. The highest BCUT2D eigenvalue weighted by Gasteiger charge is 2.20. The van der Waals surface area contributed by atoms with E-state index < -0.39 is 0 Å². The molecule has 1 atom stereocenters. The third-order valence-electron chi connectivity index (χ3n) is 5.17. The number of para-hydroxylation sites is 2. The monoisotopic (exact) mass is 391 g/mol. The van der Waals surface area contributed by atoms with E-state index in [1.165, 1.54) is 16.3 Å². The van der Waals surface area contributed by atoms with Crippen molar-refractivity contribution in [2.45, 2.75) is 52.6 Å². The molecule has 5 heteroatoms. The fourth-order valence-electron chi connectivity index (χ4n) is 3.47. The third-order valence-corrected chi connectivity index (χ3v) is 5.17. The van der Waals surface area contributed by atoms with Crippen LogP contribution < -0.4 is 10.9 Å². The van der Waals surface area contributed by atoms with Crippen LogP contribution in [-0.4, -0.2) is 15.5 Å². The van der Waals surface area contributed by atoms with Crippen LogP contribution in [0.5, 0.6) is 0 Å². The number of rotatable bonds is 5. The molecule has 0 fully saturated rings. The fraction of sp³-hybridized carbons (Fsp3) is 0.375. The number of carbonyl (C=O) groups excluding carboxylic acids is 1. The first-order valence-electron chi connectivity index (χ1n) is 10.0. The summed E-state index contributed by atoms with van der Waals surface area (Å²) in [6.07, 6.45) is 1.26. The normalized spacial score (nSPS) is 12.9. The lowest BCUT2D eigenvalue weighted by molar-refractivity contribution is -0.122. The van der Waals surface area contributed by atoms with Crippen molar-refractivity contribution in [3.63, 3.8) is 0 Å². The van der Waals surface area contributed by atoms with Crippen molar-refractivity contribution in [1.29, 1.82) is 0 Å². The molecule has 0 spiro atoms. The first kappa shape index (κ1) is 20.8. The number of nitrogens with zero attached hydrogens (tertiary/aromatic N) is 2. The van der Waals surface area contributed by atoms with Crippen LogP contribution in [0.15, 0.2) is 59.5 Å². The topological polar surface area (TPSA) is 64.0 Å². The molecule has 5 nitrogen and oxygen atoms in total. The molecule has 0 radical (unpaired) electrons. The Hall–Kier alpha value is -2.95. The second-order valence-corrected chi connectivity index (χ2v) is 8.83. The Morgan fingerprint density at radius 1 is 1.07 bits per heavy atom. The molecular formula is C24H29N3O2. The minimum atomic E-state index is -0.283. The largest absolute Gasteiger partial charge is 0.347 e. The van der Waals surface area contributed by atoms with Gasteiger partial charge < -0.3 is 5.32 Å². The number of hydrogen-bond donors (Lipinski definition) is 1. The minimum Gasteiger partial charge on any atom is -0.347 e. The Morgan fingerprint density at radius 3 is 2.34 bits per heavy atom. The predicted molar refractivity (Wildman–Crippen MR) is 117 cm³/mol. The molecular weight excluding hydrogens is 362 g/mol.